The number of aryl methyl sites for hydroxylation is 2. The van der Waals surface area contributed by atoms with Gasteiger partial charge in [0.2, 0.25) is 0 Å². The quantitative estimate of drug-likeness (QED) is 0.831. The summed E-state index contributed by atoms with van der Waals surface area (Å²) >= 11 is 0. The van der Waals surface area contributed by atoms with Gasteiger partial charge in [0.05, 0.1) is 0 Å². The summed E-state index contributed by atoms with van der Waals surface area (Å²) in [6, 6.07) is 6.11. The van der Waals surface area contributed by atoms with Gasteiger partial charge in [0.15, 0.2) is 0 Å². The van der Waals surface area contributed by atoms with Crippen LogP contribution in [0.4, 0.5) is 13.2 Å². The van der Waals surface area contributed by atoms with E-state index in [4.69, 9.17) is 0 Å². The van der Waals surface area contributed by atoms with Crippen LogP contribution in [0.15, 0.2) is 18.2 Å². The van der Waals surface area contributed by atoms with Crippen LogP contribution < -0.4 is 5.32 Å². The molecule has 1 nitrogen and oxygen atoms in total. The van der Waals surface area contributed by atoms with Crippen molar-refractivity contribution in [3.8, 4) is 0 Å². The van der Waals surface area contributed by atoms with Gasteiger partial charge in [-0.3, -0.25) is 0 Å². The first-order chi connectivity index (χ1) is 8.31. The van der Waals surface area contributed by atoms with Crippen molar-refractivity contribution in [3.05, 3.63) is 34.9 Å². The molecule has 0 saturated carbocycles. The van der Waals surface area contributed by atoms with Gasteiger partial charge < -0.3 is 5.32 Å². The summed E-state index contributed by atoms with van der Waals surface area (Å²) in [6.07, 6.45) is -4.11. The smallest absolute Gasteiger partial charge is 0.313 e. The molecule has 1 aromatic rings. The Morgan fingerprint density at radius 2 is 1.67 bits per heavy atom. The molecule has 4 heteroatoms. The summed E-state index contributed by atoms with van der Waals surface area (Å²) in [6.45, 7) is 4.00. The van der Waals surface area contributed by atoms with Gasteiger partial charge in [-0.15, -0.1) is 0 Å². The summed E-state index contributed by atoms with van der Waals surface area (Å²) in [5.74, 6) is 0. The summed E-state index contributed by atoms with van der Waals surface area (Å²) in [5.41, 5.74) is 3.35. The predicted molar refractivity (Wildman–Crippen MR) is 67.6 cm³/mol. The van der Waals surface area contributed by atoms with Crippen molar-refractivity contribution in [1.29, 1.82) is 0 Å². The van der Waals surface area contributed by atoms with Crippen LogP contribution in [-0.4, -0.2) is 13.2 Å². The lowest BCUT2D eigenvalue weighted by atomic mass is 9.97. The number of hydrogen-bond acceptors (Lipinski definition) is 1. The first kappa shape index (κ1) is 15.0. The largest absolute Gasteiger partial charge is 0.389 e. The zero-order valence-corrected chi connectivity index (χ0v) is 11.1. The topological polar surface area (TPSA) is 12.0 Å². The molecular formula is C14H20F3N. The third-order valence-corrected chi connectivity index (χ3v) is 2.95. The van der Waals surface area contributed by atoms with E-state index in [1.54, 1.807) is 7.05 Å². The van der Waals surface area contributed by atoms with Crippen molar-refractivity contribution in [2.45, 2.75) is 45.3 Å². The Bertz CT molecular complexity index is 365. The van der Waals surface area contributed by atoms with Crippen LogP contribution in [0.3, 0.4) is 0 Å². The molecule has 0 heterocycles. The van der Waals surface area contributed by atoms with E-state index in [0.717, 1.165) is 16.7 Å². The fourth-order valence-electron chi connectivity index (χ4n) is 2.20. The molecule has 1 unspecified atom stereocenters. The standard InChI is InChI=1S/C14H20F3N/c1-10-7-11(2)9-12(8-10)13(18-3)5-4-6-14(15,16)17/h7-9,13,18H,4-6H2,1-3H3. The fourth-order valence-corrected chi connectivity index (χ4v) is 2.20. The van der Waals surface area contributed by atoms with Gasteiger partial charge in [0.25, 0.3) is 0 Å². The Kier molecular flexibility index (Phi) is 5.20. The van der Waals surface area contributed by atoms with E-state index in [1.165, 1.54) is 0 Å². The number of benzene rings is 1. The van der Waals surface area contributed by atoms with E-state index in [1.807, 2.05) is 26.0 Å². The van der Waals surface area contributed by atoms with Gasteiger partial charge in [-0.2, -0.15) is 13.2 Å². The highest BCUT2D eigenvalue weighted by molar-refractivity contribution is 5.30. The molecule has 0 aromatic heterocycles. The maximum atomic E-state index is 12.1. The second-order valence-electron chi connectivity index (χ2n) is 4.77. The number of alkyl halides is 3. The normalized spacial score (nSPS) is 13.7. The van der Waals surface area contributed by atoms with Gasteiger partial charge in [0.1, 0.15) is 0 Å². The molecule has 0 saturated heterocycles. The molecule has 0 spiro atoms. The number of rotatable bonds is 5. The van der Waals surface area contributed by atoms with Crippen LogP contribution in [0.5, 0.6) is 0 Å². The lowest BCUT2D eigenvalue weighted by Crippen LogP contribution is -2.18. The summed E-state index contributed by atoms with van der Waals surface area (Å²) in [7, 11) is 1.79. The Morgan fingerprint density at radius 1 is 1.11 bits per heavy atom. The van der Waals surface area contributed by atoms with Crippen LogP contribution in [0, 0.1) is 13.8 Å². The van der Waals surface area contributed by atoms with Gasteiger partial charge >= 0.3 is 6.18 Å². The highest BCUT2D eigenvalue weighted by Crippen LogP contribution is 2.27. The van der Waals surface area contributed by atoms with Crippen LogP contribution in [0.25, 0.3) is 0 Å². The minimum Gasteiger partial charge on any atom is -0.313 e. The zero-order chi connectivity index (χ0) is 13.8. The third-order valence-electron chi connectivity index (χ3n) is 2.95. The molecule has 1 N–H and O–H groups in total. The van der Waals surface area contributed by atoms with E-state index >= 15 is 0 Å². The molecule has 1 atom stereocenters. The van der Waals surface area contributed by atoms with E-state index in [9.17, 15) is 13.2 Å². The molecule has 0 amide bonds. The second-order valence-corrected chi connectivity index (χ2v) is 4.77. The van der Waals surface area contributed by atoms with Crippen LogP contribution in [0.1, 0.15) is 42.0 Å². The fraction of sp³-hybridized carbons (Fsp3) is 0.571. The third kappa shape index (κ3) is 5.08. The highest BCUT2D eigenvalue weighted by Gasteiger charge is 2.26. The average Bonchev–Trinajstić information content (AvgIpc) is 2.21. The Morgan fingerprint density at radius 3 is 2.11 bits per heavy atom. The SMILES string of the molecule is CNC(CCCC(F)(F)F)c1cc(C)cc(C)c1. The van der Waals surface area contributed by atoms with Crippen molar-refractivity contribution in [2.24, 2.45) is 0 Å². The van der Waals surface area contributed by atoms with E-state index in [0.29, 0.717) is 6.42 Å². The summed E-state index contributed by atoms with van der Waals surface area (Å²) < 4.78 is 36.4. The molecule has 0 fully saturated rings. The first-order valence-electron chi connectivity index (χ1n) is 6.14. The van der Waals surface area contributed by atoms with E-state index < -0.39 is 12.6 Å². The van der Waals surface area contributed by atoms with Crippen molar-refractivity contribution in [1.82, 2.24) is 5.32 Å². The van der Waals surface area contributed by atoms with Crippen LogP contribution >= 0.6 is 0 Å². The zero-order valence-electron chi connectivity index (χ0n) is 11.1. The molecule has 0 bridgehead atoms. The molecule has 102 valence electrons. The van der Waals surface area contributed by atoms with Crippen molar-refractivity contribution >= 4 is 0 Å². The van der Waals surface area contributed by atoms with E-state index in [2.05, 4.69) is 11.4 Å². The van der Waals surface area contributed by atoms with Crippen LogP contribution in [0.2, 0.25) is 0 Å². The lowest BCUT2D eigenvalue weighted by molar-refractivity contribution is -0.135. The van der Waals surface area contributed by atoms with Crippen molar-refractivity contribution in [2.75, 3.05) is 7.05 Å². The predicted octanol–water partition coefficient (Wildman–Crippen LogP) is 4.30. The minimum atomic E-state index is -4.05. The van der Waals surface area contributed by atoms with Crippen molar-refractivity contribution in [3.63, 3.8) is 0 Å². The van der Waals surface area contributed by atoms with Gasteiger partial charge in [0, 0.05) is 12.5 Å². The van der Waals surface area contributed by atoms with Gasteiger partial charge in [-0.25, -0.2) is 0 Å². The van der Waals surface area contributed by atoms with Gasteiger partial charge in [-0.05, 0) is 39.3 Å². The molecule has 0 aliphatic heterocycles. The Labute approximate surface area is 106 Å². The molecule has 0 radical (unpaired) electrons. The Balaban J connectivity index is 2.65. The first-order valence-corrected chi connectivity index (χ1v) is 6.14. The number of nitrogens with one attached hydrogen (secondary N) is 1. The summed E-state index contributed by atoms with van der Waals surface area (Å²) in [5, 5.41) is 3.09. The number of halogens is 3. The maximum absolute atomic E-state index is 12.1. The summed E-state index contributed by atoms with van der Waals surface area (Å²) in [4.78, 5) is 0. The molecule has 0 aliphatic rings. The highest BCUT2D eigenvalue weighted by atomic mass is 19.4. The minimum absolute atomic E-state index is 0.00838. The number of hydrogen-bond donors (Lipinski definition) is 1. The monoisotopic (exact) mass is 259 g/mol. The average molecular weight is 259 g/mol. The molecule has 18 heavy (non-hydrogen) atoms. The lowest BCUT2D eigenvalue weighted by Gasteiger charge is -2.18. The van der Waals surface area contributed by atoms with E-state index in [-0.39, 0.29) is 12.5 Å². The molecule has 1 aromatic carbocycles. The molecule has 1 rings (SSSR count). The van der Waals surface area contributed by atoms with Crippen molar-refractivity contribution < 1.29 is 13.2 Å². The molecule has 0 aliphatic carbocycles. The molecular weight excluding hydrogens is 239 g/mol. The Hall–Kier alpha value is -1.03. The van der Waals surface area contributed by atoms with Gasteiger partial charge in [-0.1, -0.05) is 29.3 Å². The maximum Gasteiger partial charge on any atom is 0.389 e. The van der Waals surface area contributed by atoms with Crippen LogP contribution in [-0.2, 0) is 0 Å². The second kappa shape index (κ2) is 6.23.